The van der Waals surface area contributed by atoms with Crippen molar-refractivity contribution in [1.82, 2.24) is 15.3 Å². The Hall–Kier alpha value is -2.66. The summed E-state index contributed by atoms with van der Waals surface area (Å²) in [4.78, 5) is 28.4. The molecule has 2 heterocycles. The average molecular weight is 335 g/mol. The van der Waals surface area contributed by atoms with Crippen molar-refractivity contribution < 1.29 is 0 Å². The van der Waals surface area contributed by atoms with Crippen molar-refractivity contribution in [2.45, 2.75) is 31.7 Å². The summed E-state index contributed by atoms with van der Waals surface area (Å²) in [6, 6.07) is 14.0. The minimum atomic E-state index is -0.482. The van der Waals surface area contributed by atoms with Gasteiger partial charge in [-0.05, 0) is 61.6 Å². The molecule has 1 aliphatic heterocycles. The number of fused-ring (bicyclic) bond motifs is 1. The van der Waals surface area contributed by atoms with Gasteiger partial charge in [-0.1, -0.05) is 30.3 Å². The van der Waals surface area contributed by atoms with Crippen LogP contribution in [-0.2, 0) is 6.42 Å². The van der Waals surface area contributed by atoms with Crippen molar-refractivity contribution in [3.8, 4) is 11.1 Å². The summed E-state index contributed by atoms with van der Waals surface area (Å²) in [7, 11) is 0. The molecule has 1 atom stereocenters. The monoisotopic (exact) mass is 335 g/mol. The number of aromatic nitrogens is 2. The van der Waals surface area contributed by atoms with E-state index in [4.69, 9.17) is 0 Å². The van der Waals surface area contributed by atoms with Gasteiger partial charge in [0.05, 0.1) is 10.9 Å². The van der Waals surface area contributed by atoms with E-state index in [0.29, 0.717) is 10.9 Å². The van der Waals surface area contributed by atoms with E-state index in [0.717, 1.165) is 24.1 Å². The minimum Gasteiger partial charge on any atom is -0.311 e. The largest absolute Gasteiger partial charge is 0.326 e. The van der Waals surface area contributed by atoms with Gasteiger partial charge in [-0.15, -0.1) is 0 Å². The van der Waals surface area contributed by atoms with Crippen molar-refractivity contribution in [3.05, 3.63) is 68.9 Å². The molecule has 0 amide bonds. The average Bonchev–Trinajstić information content (AvgIpc) is 3.01. The van der Waals surface area contributed by atoms with E-state index in [1.807, 2.05) is 12.1 Å². The topological polar surface area (TPSA) is 77.8 Å². The Morgan fingerprint density at radius 3 is 2.68 bits per heavy atom. The lowest BCUT2D eigenvalue weighted by molar-refractivity contribution is 0.413. The fourth-order valence-electron chi connectivity index (χ4n) is 3.76. The highest BCUT2D eigenvalue weighted by atomic mass is 16.2. The summed E-state index contributed by atoms with van der Waals surface area (Å²) >= 11 is 0. The van der Waals surface area contributed by atoms with Crippen LogP contribution >= 0.6 is 0 Å². The summed E-state index contributed by atoms with van der Waals surface area (Å²) in [6.07, 6.45) is 3.40. The van der Waals surface area contributed by atoms with Gasteiger partial charge in [0.1, 0.15) is 0 Å². The quantitative estimate of drug-likeness (QED) is 0.688. The SMILES string of the molecule is CC1(Cc2cccc(-c3ccc4[nH]c(=O)[nH]c(=O)c4c3)c2)CCCN1. The molecule has 0 radical (unpaired) electrons. The maximum atomic E-state index is 12.0. The molecule has 1 aliphatic rings. The van der Waals surface area contributed by atoms with Gasteiger partial charge < -0.3 is 10.3 Å². The van der Waals surface area contributed by atoms with Gasteiger partial charge in [0, 0.05) is 5.54 Å². The molecule has 3 aromatic rings. The highest BCUT2D eigenvalue weighted by molar-refractivity contribution is 5.83. The third-order valence-corrected chi connectivity index (χ3v) is 5.05. The first-order chi connectivity index (χ1) is 12.0. The van der Waals surface area contributed by atoms with Crippen LogP contribution in [0.1, 0.15) is 25.3 Å². The van der Waals surface area contributed by atoms with E-state index in [1.54, 1.807) is 6.07 Å². The third kappa shape index (κ3) is 3.15. The number of benzene rings is 2. The Morgan fingerprint density at radius 2 is 1.88 bits per heavy atom. The second kappa shape index (κ2) is 6.01. The molecule has 1 aromatic heterocycles. The second-order valence-electron chi connectivity index (χ2n) is 7.14. The van der Waals surface area contributed by atoms with Crippen molar-refractivity contribution in [3.63, 3.8) is 0 Å². The van der Waals surface area contributed by atoms with Gasteiger partial charge in [0.25, 0.3) is 5.56 Å². The molecule has 0 bridgehead atoms. The molecule has 128 valence electrons. The summed E-state index contributed by atoms with van der Waals surface area (Å²) < 4.78 is 0. The molecule has 25 heavy (non-hydrogen) atoms. The molecule has 0 spiro atoms. The van der Waals surface area contributed by atoms with Gasteiger partial charge in [0.15, 0.2) is 0 Å². The first-order valence-electron chi connectivity index (χ1n) is 8.63. The van der Waals surface area contributed by atoms with Gasteiger partial charge >= 0.3 is 5.69 Å². The number of hydrogen-bond acceptors (Lipinski definition) is 3. The van der Waals surface area contributed by atoms with E-state index in [2.05, 4.69) is 46.5 Å². The molecule has 1 fully saturated rings. The van der Waals surface area contributed by atoms with Gasteiger partial charge in [-0.3, -0.25) is 9.78 Å². The summed E-state index contributed by atoms with van der Waals surface area (Å²) in [5.74, 6) is 0. The summed E-state index contributed by atoms with van der Waals surface area (Å²) in [5, 5.41) is 4.09. The highest BCUT2D eigenvalue weighted by Crippen LogP contribution is 2.27. The van der Waals surface area contributed by atoms with Crippen molar-refractivity contribution in [1.29, 1.82) is 0 Å². The van der Waals surface area contributed by atoms with E-state index < -0.39 is 5.69 Å². The predicted octanol–water partition coefficient (Wildman–Crippen LogP) is 2.57. The standard InChI is InChI=1S/C20H21N3O2/c1-20(8-3-9-21-20)12-13-4-2-5-14(10-13)15-6-7-17-16(11-15)18(24)23-19(25)22-17/h2,4-7,10-11,21H,3,8-9,12H2,1H3,(H2,22,23,24,25). The van der Waals surface area contributed by atoms with Crippen LogP contribution < -0.4 is 16.6 Å². The lowest BCUT2D eigenvalue weighted by Crippen LogP contribution is -2.38. The molecule has 1 unspecified atom stereocenters. The van der Waals surface area contributed by atoms with Crippen molar-refractivity contribution >= 4 is 10.9 Å². The smallest absolute Gasteiger partial charge is 0.311 e. The zero-order valence-electron chi connectivity index (χ0n) is 14.2. The van der Waals surface area contributed by atoms with Gasteiger partial charge in [-0.25, -0.2) is 4.79 Å². The Morgan fingerprint density at radius 1 is 1.04 bits per heavy atom. The molecule has 5 nitrogen and oxygen atoms in total. The molecule has 5 heteroatoms. The lowest BCUT2D eigenvalue weighted by atomic mass is 9.90. The first kappa shape index (κ1) is 15.8. The molecular formula is C20H21N3O2. The third-order valence-electron chi connectivity index (χ3n) is 5.05. The van der Waals surface area contributed by atoms with Crippen molar-refractivity contribution in [2.75, 3.05) is 6.54 Å². The molecule has 1 saturated heterocycles. The van der Waals surface area contributed by atoms with Crippen LogP contribution in [0.4, 0.5) is 0 Å². The minimum absolute atomic E-state index is 0.165. The number of H-pyrrole nitrogens is 2. The lowest BCUT2D eigenvalue weighted by Gasteiger charge is -2.24. The Labute approximate surface area is 145 Å². The number of hydrogen-bond donors (Lipinski definition) is 3. The van der Waals surface area contributed by atoms with Gasteiger partial charge in [0.2, 0.25) is 0 Å². The molecule has 0 saturated carbocycles. The zero-order valence-corrected chi connectivity index (χ0v) is 14.2. The van der Waals surface area contributed by atoms with Crippen LogP contribution in [0.3, 0.4) is 0 Å². The Kier molecular flexibility index (Phi) is 3.81. The van der Waals surface area contributed by atoms with E-state index in [9.17, 15) is 9.59 Å². The van der Waals surface area contributed by atoms with Crippen LogP contribution in [0.5, 0.6) is 0 Å². The van der Waals surface area contributed by atoms with Gasteiger partial charge in [-0.2, -0.15) is 0 Å². The maximum absolute atomic E-state index is 12.0. The molecule has 2 aromatic carbocycles. The van der Waals surface area contributed by atoms with Crippen LogP contribution in [0, 0.1) is 0 Å². The van der Waals surface area contributed by atoms with E-state index in [1.165, 1.54) is 18.4 Å². The van der Waals surface area contributed by atoms with E-state index in [-0.39, 0.29) is 11.1 Å². The number of rotatable bonds is 3. The number of aromatic amines is 2. The van der Waals surface area contributed by atoms with Crippen LogP contribution in [0.15, 0.2) is 52.1 Å². The maximum Gasteiger partial charge on any atom is 0.326 e. The fourth-order valence-corrected chi connectivity index (χ4v) is 3.76. The zero-order chi connectivity index (χ0) is 17.4. The van der Waals surface area contributed by atoms with E-state index >= 15 is 0 Å². The molecule has 4 rings (SSSR count). The van der Waals surface area contributed by atoms with Crippen LogP contribution in [0.25, 0.3) is 22.0 Å². The predicted molar refractivity (Wildman–Crippen MR) is 100.0 cm³/mol. The molecule has 0 aliphatic carbocycles. The fraction of sp³-hybridized carbons (Fsp3) is 0.300. The summed E-state index contributed by atoms with van der Waals surface area (Å²) in [5.41, 5.74) is 3.20. The molecule has 3 N–H and O–H groups in total. The van der Waals surface area contributed by atoms with Crippen molar-refractivity contribution in [2.24, 2.45) is 0 Å². The number of nitrogens with one attached hydrogen (secondary N) is 3. The molecular weight excluding hydrogens is 314 g/mol. The first-order valence-corrected chi connectivity index (χ1v) is 8.63. The Balaban J connectivity index is 1.72. The van der Waals surface area contributed by atoms with Crippen LogP contribution in [-0.4, -0.2) is 22.1 Å². The van der Waals surface area contributed by atoms with Crippen LogP contribution in [0.2, 0.25) is 0 Å². The second-order valence-corrected chi connectivity index (χ2v) is 7.14. The Bertz CT molecular complexity index is 1040. The highest BCUT2D eigenvalue weighted by Gasteiger charge is 2.27. The summed E-state index contributed by atoms with van der Waals surface area (Å²) in [6.45, 7) is 3.36. The normalized spacial score (nSPS) is 20.2.